The van der Waals surface area contributed by atoms with E-state index in [-0.39, 0.29) is 5.97 Å². The minimum atomic E-state index is -0.572. The van der Waals surface area contributed by atoms with Crippen molar-refractivity contribution in [3.8, 4) is 0 Å². The van der Waals surface area contributed by atoms with Gasteiger partial charge < -0.3 is 9.47 Å². The zero-order chi connectivity index (χ0) is 7.19. The van der Waals surface area contributed by atoms with Crippen LogP contribution in [0.5, 0.6) is 0 Å². The number of ether oxygens (including phenoxy) is 2. The van der Waals surface area contributed by atoms with Gasteiger partial charge in [-0.15, -0.1) is 0 Å². The summed E-state index contributed by atoms with van der Waals surface area (Å²) in [5, 5.41) is 0. The first-order valence-electron chi connectivity index (χ1n) is 3.56. The Morgan fingerprint density at radius 3 is 3.20 bits per heavy atom. The van der Waals surface area contributed by atoms with Gasteiger partial charge in [0.25, 0.3) is 0 Å². The Morgan fingerprint density at radius 1 is 1.70 bits per heavy atom. The predicted octanol–water partition coefficient (Wildman–Crippen LogP) is 0.686. The Kier molecular flexibility index (Phi) is 1.06. The average molecular weight is 142 g/mol. The summed E-state index contributed by atoms with van der Waals surface area (Å²) in [6.45, 7) is 2.57. The second-order valence-corrected chi connectivity index (χ2v) is 3.03. The van der Waals surface area contributed by atoms with Gasteiger partial charge in [-0.3, -0.25) is 4.79 Å². The van der Waals surface area contributed by atoms with Gasteiger partial charge in [-0.25, -0.2) is 0 Å². The largest absolute Gasteiger partial charge is 0.433 e. The molecule has 2 saturated heterocycles. The number of hydrogen-bond acceptors (Lipinski definition) is 3. The number of rotatable bonds is 0. The highest BCUT2D eigenvalue weighted by Gasteiger charge is 2.50. The molecule has 56 valence electrons. The Hall–Kier alpha value is -0.570. The second-order valence-electron chi connectivity index (χ2n) is 3.03. The van der Waals surface area contributed by atoms with Crippen molar-refractivity contribution in [2.45, 2.75) is 25.6 Å². The van der Waals surface area contributed by atoms with E-state index in [0.717, 1.165) is 13.0 Å². The zero-order valence-corrected chi connectivity index (χ0v) is 5.92. The summed E-state index contributed by atoms with van der Waals surface area (Å²) in [6.07, 6.45) is 1.50. The molecule has 2 aliphatic rings. The molecule has 10 heavy (non-hydrogen) atoms. The van der Waals surface area contributed by atoms with Crippen LogP contribution in [0.3, 0.4) is 0 Å². The number of carbonyl (C=O) groups is 1. The molecule has 2 fully saturated rings. The van der Waals surface area contributed by atoms with Crippen molar-refractivity contribution >= 4 is 5.97 Å². The first kappa shape index (κ1) is 6.16. The summed E-state index contributed by atoms with van der Waals surface area (Å²) in [6, 6.07) is 0. The molecule has 0 unspecified atom stereocenters. The maximum atomic E-state index is 10.8. The normalized spacial score (nSPS) is 45.3. The molecule has 0 N–H and O–H groups in total. The van der Waals surface area contributed by atoms with Gasteiger partial charge in [-0.05, 0) is 6.42 Å². The molecule has 0 spiro atoms. The summed E-state index contributed by atoms with van der Waals surface area (Å²) < 4.78 is 10.3. The first-order chi connectivity index (χ1) is 4.71. The molecular formula is C7H10O3. The molecule has 0 radical (unpaired) electrons. The lowest BCUT2D eigenvalue weighted by molar-refractivity contribution is -0.193. The van der Waals surface area contributed by atoms with E-state index in [9.17, 15) is 4.79 Å². The van der Waals surface area contributed by atoms with Crippen LogP contribution in [0.4, 0.5) is 0 Å². The van der Waals surface area contributed by atoms with Gasteiger partial charge in [0.2, 0.25) is 5.79 Å². The third-order valence-electron chi connectivity index (χ3n) is 2.33. The highest BCUT2D eigenvalue weighted by molar-refractivity contribution is 5.72. The van der Waals surface area contributed by atoms with Gasteiger partial charge in [0.05, 0.1) is 13.0 Å². The zero-order valence-electron chi connectivity index (χ0n) is 5.92. The summed E-state index contributed by atoms with van der Waals surface area (Å²) in [7, 11) is 0. The molecule has 3 heteroatoms. The van der Waals surface area contributed by atoms with Crippen molar-refractivity contribution in [2.24, 2.45) is 5.92 Å². The smallest absolute Gasteiger partial charge is 0.308 e. The van der Waals surface area contributed by atoms with E-state index >= 15 is 0 Å². The van der Waals surface area contributed by atoms with Crippen molar-refractivity contribution < 1.29 is 14.3 Å². The fourth-order valence-electron chi connectivity index (χ4n) is 1.65. The van der Waals surface area contributed by atoms with Crippen LogP contribution in [0.1, 0.15) is 19.8 Å². The van der Waals surface area contributed by atoms with Crippen LogP contribution in [0.25, 0.3) is 0 Å². The summed E-state index contributed by atoms with van der Waals surface area (Å²) in [5.41, 5.74) is 0. The molecule has 2 heterocycles. The van der Waals surface area contributed by atoms with Crippen molar-refractivity contribution in [1.82, 2.24) is 0 Å². The van der Waals surface area contributed by atoms with E-state index in [1.807, 2.05) is 6.92 Å². The van der Waals surface area contributed by atoms with Crippen LogP contribution in [0.15, 0.2) is 0 Å². The first-order valence-corrected chi connectivity index (χ1v) is 3.56. The molecule has 2 atom stereocenters. The van der Waals surface area contributed by atoms with Crippen LogP contribution >= 0.6 is 0 Å². The molecule has 0 bridgehead atoms. The predicted molar refractivity (Wildman–Crippen MR) is 33.2 cm³/mol. The molecule has 3 nitrogen and oxygen atoms in total. The van der Waals surface area contributed by atoms with E-state index in [1.54, 1.807) is 0 Å². The van der Waals surface area contributed by atoms with Crippen molar-refractivity contribution in [3.63, 3.8) is 0 Å². The molecule has 0 aliphatic carbocycles. The van der Waals surface area contributed by atoms with Gasteiger partial charge in [0, 0.05) is 12.8 Å². The Balaban J connectivity index is 2.22. The van der Waals surface area contributed by atoms with Crippen LogP contribution in [-0.4, -0.2) is 18.4 Å². The van der Waals surface area contributed by atoms with Crippen molar-refractivity contribution in [1.29, 1.82) is 0 Å². The lowest BCUT2D eigenvalue weighted by atomic mass is 9.99. The van der Waals surface area contributed by atoms with Gasteiger partial charge in [-0.1, -0.05) is 0 Å². The lowest BCUT2D eigenvalue weighted by Crippen LogP contribution is -2.28. The number of carbonyl (C=O) groups excluding carboxylic acids is 1. The van der Waals surface area contributed by atoms with E-state index in [1.165, 1.54) is 0 Å². The number of fused-ring (bicyclic) bond motifs is 1. The van der Waals surface area contributed by atoms with Crippen LogP contribution in [-0.2, 0) is 14.3 Å². The summed E-state index contributed by atoms with van der Waals surface area (Å²) >= 11 is 0. The van der Waals surface area contributed by atoms with Crippen LogP contribution in [0.2, 0.25) is 0 Å². The summed E-state index contributed by atoms with van der Waals surface area (Å²) in [5.74, 6) is -0.385. The van der Waals surface area contributed by atoms with E-state index in [4.69, 9.17) is 9.47 Å². The lowest BCUT2D eigenvalue weighted by Gasteiger charge is -2.20. The molecule has 0 aromatic carbocycles. The molecule has 0 aromatic heterocycles. The monoisotopic (exact) mass is 142 g/mol. The topological polar surface area (TPSA) is 35.5 Å². The third-order valence-corrected chi connectivity index (χ3v) is 2.33. The molecule has 0 saturated carbocycles. The Morgan fingerprint density at radius 2 is 2.50 bits per heavy atom. The second kappa shape index (κ2) is 1.72. The maximum Gasteiger partial charge on any atom is 0.308 e. The fourth-order valence-corrected chi connectivity index (χ4v) is 1.65. The molecule has 0 amide bonds. The van der Waals surface area contributed by atoms with Crippen molar-refractivity contribution in [3.05, 3.63) is 0 Å². The Labute approximate surface area is 59.3 Å². The minimum Gasteiger partial charge on any atom is -0.433 e. The number of hydrogen-bond donors (Lipinski definition) is 0. The third kappa shape index (κ3) is 0.669. The van der Waals surface area contributed by atoms with Gasteiger partial charge in [0.1, 0.15) is 0 Å². The highest BCUT2D eigenvalue weighted by Crippen LogP contribution is 2.40. The average Bonchev–Trinajstić information content (AvgIpc) is 2.20. The molecule has 2 aliphatic heterocycles. The van der Waals surface area contributed by atoms with Gasteiger partial charge in [-0.2, -0.15) is 0 Å². The molecular weight excluding hydrogens is 132 g/mol. The minimum absolute atomic E-state index is 0.118. The van der Waals surface area contributed by atoms with Crippen molar-refractivity contribution in [2.75, 3.05) is 6.61 Å². The van der Waals surface area contributed by atoms with Crippen LogP contribution < -0.4 is 0 Å². The van der Waals surface area contributed by atoms with Gasteiger partial charge >= 0.3 is 5.97 Å². The highest BCUT2D eigenvalue weighted by atomic mass is 16.7. The molecule has 2 rings (SSSR count). The van der Waals surface area contributed by atoms with E-state index in [2.05, 4.69) is 0 Å². The standard InChI is InChI=1S/C7H10O3/c1-7-5(2-3-9-7)4-6(8)10-7/h5H,2-4H2,1H3/t5-,7+/m0/s1. The van der Waals surface area contributed by atoms with E-state index < -0.39 is 5.79 Å². The van der Waals surface area contributed by atoms with Crippen LogP contribution in [0, 0.1) is 5.92 Å². The quantitative estimate of drug-likeness (QED) is 0.467. The molecule has 0 aromatic rings. The van der Waals surface area contributed by atoms with E-state index in [0.29, 0.717) is 12.3 Å². The SMILES string of the molecule is C[C@]12OCC[C@H]1CC(=O)O2. The summed E-state index contributed by atoms with van der Waals surface area (Å²) in [4.78, 5) is 10.8. The Bertz CT molecular complexity index is 178. The maximum absolute atomic E-state index is 10.8. The fraction of sp³-hybridized carbons (Fsp3) is 0.857. The van der Waals surface area contributed by atoms with Gasteiger partial charge in [0.15, 0.2) is 0 Å². The number of esters is 1.